The molecule has 2 fully saturated rings. The second-order valence-corrected chi connectivity index (χ2v) is 7.73. The number of hydrogen-bond acceptors (Lipinski definition) is 3. The van der Waals surface area contributed by atoms with Gasteiger partial charge in [0.2, 0.25) is 5.91 Å². The first-order valence-corrected chi connectivity index (χ1v) is 9.78. The van der Waals surface area contributed by atoms with Gasteiger partial charge in [-0.2, -0.15) is 0 Å². The summed E-state index contributed by atoms with van der Waals surface area (Å²) in [7, 11) is 1.82. The largest absolute Gasteiger partial charge is 0.356 e. The van der Waals surface area contributed by atoms with Crippen LogP contribution in [0.2, 0.25) is 0 Å². The molecule has 1 aliphatic heterocycles. The Balaban J connectivity index is 0.00000261. The number of nitrogens with zero attached hydrogens (tertiary/aromatic N) is 3. The molecule has 150 valence electrons. The number of rotatable bonds is 4. The predicted octanol–water partition coefficient (Wildman–Crippen LogP) is 3.57. The minimum Gasteiger partial charge on any atom is -0.356 e. The van der Waals surface area contributed by atoms with Crippen LogP contribution in [0.15, 0.2) is 23.3 Å². The average Bonchev–Trinajstić information content (AvgIpc) is 3.04. The molecule has 1 aromatic heterocycles. The van der Waals surface area contributed by atoms with E-state index in [1.54, 1.807) is 6.20 Å². The lowest BCUT2D eigenvalue weighted by Crippen LogP contribution is -2.42. The van der Waals surface area contributed by atoms with E-state index in [2.05, 4.69) is 25.5 Å². The quantitative estimate of drug-likeness (QED) is 0.389. The van der Waals surface area contributed by atoms with Crippen molar-refractivity contribution < 1.29 is 4.79 Å². The lowest BCUT2D eigenvalue weighted by molar-refractivity contribution is -0.116. The van der Waals surface area contributed by atoms with Gasteiger partial charge in [0.1, 0.15) is 5.82 Å². The number of likely N-dealkylation sites (tertiary alicyclic amines) is 1. The maximum atomic E-state index is 12.1. The smallest absolute Gasteiger partial charge is 0.227 e. The summed E-state index contributed by atoms with van der Waals surface area (Å²) < 4.78 is 0. The van der Waals surface area contributed by atoms with Crippen molar-refractivity contribution in [3.05, 3.63) is 23.9 Å². The zero-order chi connectivity index (χ0) is 18.4. The van der Waals surface area contributed by atoms with Crippen LogP contribution in [0.4, 0.5) is 5.82 Å². The highest BCUT2D eigenvalue weighted by Crippen LogP contribution is 2.43. The number of pyridine rings is 1. The summed E-state index contributed by atoms with van der Waals surface area (Å²) in [5.41, 5.74) is 1.58. The maximum Gasteiger partial charge on any atom is 0.227 e. The second kappa shape index (κ2) is 10.2. The average molecular weight is 485 g/mol. The van der Waals surface area contributed by atoms with Gasteiger partial charge in [-0.1, -0.05) is 25.3 Å². The van der Waals surface area contributed by atoms with Crippen molar-refractivity contribution in [3.63, 3.8) is 0 Å². The molecule has 1 saturated heterocycles. The van der Waals surface area contributed by atoms with Crippen LogP contribution in [-0.4, -0.2) is 48.4 Å². The summed E-state index contributed by atoms with van der Waals surface area (Å²) in [6, 6.07) is 3.77. The summed E-state index contributed by atoms with van der Waals surface area (Å²) in [6.45, 7) is 4.73. The summed E-state index contributed by atoms with van der Waals surface area (Å²) in [4.78, 5) is 23.1. The van der Waals surface area contributed by atoms with Crippen LogP contribution in [0.25, 0.3) is 0 Å². The van der Waals surface area contributed by atoms with E-state index in [1.807, 2.05) is 26.1 Å². The minimum atomic E-state index is -0.0329. The third-order valence-corrected chi connectivity index (χ3v) is 5.68. The second-order valence-electron chi connectivity index (χ2n) is 7.73. The van der Waals surface area contributed by atoms with E-state index < -0.39 is 0 Å². The van der Waals surface area contributed by atoms with Gasteiger partial charge in [-0.15, -0.1) is 24.0 Å². The number of nitrogens with one attached hydrogen (secondary N) is 2. The molecule has 1 aliphatic carbocycles. The summed E-state index contributed by atoms with van der Waals surface area (Å²) >= 11 is 0. The summed E-state index contributed by atoms with van der Waals surface area (Å²) in [5, 5.41) is 6.19. The number of aryl methyl sites for hydroxylation is 1. The molecular weight excluding hydrogens is 453 g/mol. The lowest BCUT2D eigenvalue weighted by atomic mass is 9.73. The Bertz CT molecular complexity index is 640. The van der Waals surface area contributed by atoms with Crippen LogP contribution in [-0.2, 0) is 4.79 Å². The number of anilines is 1. The Hall–Kier alpha value is -1.38. The van der Waals surface area contributed by atoms with E-state index in [0.29, 0.717) is 24.2 Å². The molecule has 0 bridgehead atoms. The van der Waals surface area contributed by atoms with E-state index in [0.717, 1.165) is 24.6 Å². The van der Waals surface area contributed by atoms with E-state index in [4.69, 9.17) is 0 Å². The molecule has 6 nitrogen and oxygen atoms in total. The molecule has 2 heterocycles. The van der Waals surface area contributed by atoms with Gasteiger partial charge in [0.25, 0.3) is 0 Å². The van der Waals surface area contributed by atoms with Crippen molar-refractivity contribution in [2.75, 3.05) is 32.0 Å². The van der Waals surface area contributed by atoms with Crippen LogP contribution in [0, 0.1) is 12.3 Å². The molecule has 2 aliphatic rings. The van der Waals surface area contributed by atoms with Crippen LogP contribution in [0.1, 0.15) is 50.5 Å². The van der Waals surface area contributed by atoms with Gasteiger partial charge in [-0.25, -0.2) is 4.98 Å². The standard InChI is InChI=1S/C20H31N5O.HI/c1-16-6-7-17(23-14-16)24-18(26)8-12-22-19(21-2)25-13-11-20(15-25)9-4-3-5-10-20;/h6-7,14H,3-5,8-13,15H2,1-2H3,(H,21,22)(H,23,24,26);1H. The van der Waals surface area contributed by atoms with E-state index in [9.17, 15) is 4.79 Å². The summed E-state index contributed by atoms with van der Waals surface area (Å²) in [5.74, 6) is 1.49. The molecule has 1 spiro atoms. The number of carbonyl (C=O) groups is 1. The van der Waals surface area contributed by atoms with Crippen molar-refractivity contribution in [1.29, 1.82) is 0 Å². The first-order valence-electron chi connectivity index (χ1n) is 9.78. The number of aromatic nitrogens is 1. The van der Waals surface area contributed by atoms with Crippen LogP contribution in [0.5, 0.6) is 0 Å². The Labute approximate surface area is 179 Å². The van der Waals surface area contributed by atoms with Crippen molar-refractivity contribution >= 4 is 41.7 Å². The fourth-order valence-corrected chi connectivity index (χ4v) is 4.19. The van der Waals surface area contributed by atoms with E-state index in [-0.39, 0.29) is 29.9 Å². The first kappa shape index (κ1) is 21.9. The van der Waals surface area contributed by atoms with Crippen molar-refractivity contribution in [3.8, 4) is 0 Å². The molecule has 7 heteroatoms. The van der Waals surface area contributed by atoms with Gasteiger partial charge in [0, 0.05) is 39.3 Å². The van der Waals surface area contributed by atoms with Crippen LogP contribution >= 0.6 is 24.0 Å². The fourth-order valence-electron chi connectivity index (χ4n) is 4.19. The van der Waals surface area contributed by atoms with Gasteiger partial charge < -0.3 is 15.5 Å². The highest BCUT2D eigenvalue weighted by atomic mass is 127. The van der Waals surface area contributed by atoms with Crippen LogP contribution in [0.3, 0.4) is 0 Å². The molecule has 0 unspecified atom stereocenters. The van der Waals surface area contributed by atoms with Crippen molar-refractivity contribution in [1.82, 2.24) is 15.2 Å². The first-order chi connectivity index (χ1) is 12.6. The van der Waals surface area contributed by atoms with Crippen molar-refractivity contribution in [2.45, 2.75) is 51.9 Å². The predicted molar refractivity (Wildman–Crippen MR) is 121 cm³/mol. The zero-order valence-corrected chi connectivity index (χ0v) is 18.8. The van der Waals surface area contributed by atoms with Gasteiger partial charge in [-0.05, 0) is 43.2 Å². The third kappa shape index (κ3) is 6.05. The van der Waals surface area contributed by atoms with Crippen LogP contribution < -0.4 is 10.6 Å². The molecule has 27 heavy (non-hydrogen) atoms. The van der Waals surface area contributed by atoms with Gasteiger partial charge in [0.05, 0.1) is 0 Å². The lowest BCUT2D eigenvalue weighted by Gasteiger charge is -2.33. The molecule has 1 saturated carbocycles. The number of carbonyl (C=O) groups excluding carboxylic acids is 1. The fraction of sp³-hybridized carbons (Fsp3) is 0.650. The molecular formula is C20H32IN5O. The SMILES string of the molecule is CN=C(NCCC(=O)Nc1ccc(C)cn1)N1CCC2(CCCCC2)C1.I. The number of halogens is 1. The molecule has 0 atom stereocenters. The normalized spacial score (nSPS) is 18.9. The molecule has 1 aromatic rings. The number of aliphatic imine (C=N–C) groups is 1. The Kier molecular flexibility index (Phi) is 8.31. The number of amides is 1. The number of guanidine groups is 1. The minimum absolute atomic E-state index is 0. The topological polar surface area (TPSA) is 69.6 Å². The van der Waals surface area contributed by atoms with Crippen molar-refractivity contribution in [2.24, 2.45) is 10.4 Å². The molecule has 2 N–H and O–H groups in total. The van der Waals surface area contributed by atoms with Gasteiger partial charge in [-0.3, -0.25) is 9.79 Å². The number of hydrogen-bond donors (Lipinski definition) is 2. The monoisotopic (exact) mass is 485 g/mol. The van der Waals surface area contributed by atoms with E-state index >= 15 is 0 Å². The summed E-state index contributed by atoms with van der Waals surface area (Å²) in [6.07, 6.45) is 10.3. The Morgan fingerprint density at radius 3 is 2.70 bits per heavy atom. The van der Waals surface area contributed by atoms with Gasteiger partial charge in [0.15, 0.2) is 5.96 Å². The zero-order valence-electron chi connectivity index (χ0n) is 16.5. The molecule has 0 radical (unpaired) electrons. The third-order valence-electron chi connectivity index (χ3n) is 5.68. The highest BCUT2D eigenvalue weighted by molar-refractivity contribution is 14.0. The highest BCUT2D eigenvalue weighted by Gasteiger charge is 2.39. The molecule has 3 rings (SSSR count). The van der Waals surface area contributed by atoms with Gasteiger partial charge >= 0.3 is 0 Å². The molecule has 0 aromatic carbocycles. The van der Waals surface area contributed by atoms with E-state index in [1.165, 1.54) is 38.5 Å². The Morgan fingerprint density at radius 2 is 2.04 bits per heavy atom. The molecule has 1 amide bonds. The Morgan fingerprint density at radius 1 is 1.26 bits per heavy atom. The maximum absolute atomic E-state index is 12.1.